The zero-order chi connectivity index (χ0) is 73.3. The molecule has 0 aliphatic carbocycles. The van der Waals surface area contributed by atoms with E-state index < -0.39 is 117 Å². The van der Waals surface area contributed by atoms with Gasteiger partial charge in [0.25, 0.3) is 11.4 Å². The van der Waals surface area contributed by atoms with E-state index in [1.165, 1.54) is 12.1 Å². The summed E-state index contributed by atoms with van der Waals surface area (Å²) in [6.07, 6.45) is -0.776. The molecule has 0 atom stereocenters. The van der Waals surface area contributed by atoms with Gasteiger partial charge in [-0.1, -0.05) is 154 Å². The highest BCUT2D eigenvalue weighted by atomic mass is 35.5. The largest absolute Gasteiger partial charge is 0.762 e. The number of hydrogen-bond acceptors (Lipinski definition) is 8. The van der Waals surface area contributed by atoms with Gasteiger partial charge in [-0.15, -0.1) is 12.4 Å². The molecule has 0 saturated heterocycles. The molecule has 0 saturated carbocycles. The lowest BCUT2D eigenvalue weighted by molar-refractivity contribution is -0.385. The highest BCUT2D eigenvalue weighted by Gasteiger charge is 2.16. The van der Waals surface area contributed by atoms with Crippen LogP contribution in [0.5, 0.6) is 0 Å². The molecule has 0 aromatic heterocycles. The lowest BCUT2D eigenvalue weighted by atomic mass is 10.0. The molecule has 7 aromatic carbocycles. The molecule has 0 aliphatic rings. The Balaban J connectivity index is -0.000000275. The van der Waals surface area contributed by atoms with Crippen LogP contribution in [-0.2, 0) is 12.8 Å². The zero-order valence-electron chi connectivity index (χ0n) is 57.9. The van der Waals surface area contributed by atoms with Crippen molar-refractivity contribution in [2.75, 3.05) is 5.73 Å². The molecule has 4 N–H and O–H groups in total. The molecule has 11 nitrogen and oxygen atoms in total. The molecule has 0 radical (unpaired) electrons. The predicted octanol–water partition coefficient (Wildman–Crippen LogP) is 20.1. The molecular formula is C54H57BCl9F3N6O5. The number of nitrogens with zero attached hydrogens (tertiary/aromatic N) is 5. The smallest absolute Gasteiger partial charge is 0.412 e. The van der Waals surface area contributed by atoms with Crippen molar-refractivity contribution in [3.63, 3.8) is 0 Å². The van der Waals surface area contributed by atoms with E-state index in [9.17, 15) is 33.2 Å². The van der Waals surface area contributed by atoms with Crippen molar-refractivity contribution in [1.82, 2.24) is 0 Å². The van der Waals surface area contributed by atoms with Gasteiger partial charge < -0.3 is 11.2 Å². The maximum atomic E-state index is 11.4. The van der Waals surface area contributed by atoms with Crippen LogP contribution < -0.4 is 5.73 Å². The number of anilines is 1. The molecule has 0 aliphatic heterocycles. The lowest BCUT2D eigenvalue weighted by Crippen LogP contribution is -1.97. The fourth-order valence-corrected chi connectivity index (χ4v) is 6.35. The van der Waals surface area contributed by atoms with Gasteiger partial charge >= 0.3 is 7.54 Å². The topological polar surface area (TPSA) is 215 Å². The number of halogens is 12. The van der Waals surface area contributed by atoms with Crippen LogP contribution in [0.15, 0.2) is 133 Å². The number of aryl methyl sites for hydroxylation is 1. The minimum atomic E-state index is -3.67. The number of nitriles is 3. The fraction of sp³-hybridized carbons (Fsp3) is 0.167. The van der Waals surface area contributed by atoms with Gasteiger partial charge in [0.1, 0.15) is 5.02 Å². The van der Waals surface area contributed by atoms with Crippen molar-refractivity contribution in [3.8, 4) is 18.2 Å². The van der Waals surface area contributed by atoms with Crippen molar-refractivity contribution in [2.24, 2.45) is 0 Å². The third-order valence-electron chi connectivity index (χ3n) is 7.08. The molecule has 0 amide bonds. The average molecular weight is 1280 g/mol. The second-order valence-corrected chi connectivity index (χ2v) is 15.4. The van der Waals surface area contributed by atoms with Gasteiger partial charge in [-0.25, -0.2) is 0 Å². The Morgan fingerprint density at radius 2 is 0.962 bits per heavy atom. The van der Waals surface area contributed by atoms with E-state index in [2.05, 4.69) is 5.48 Å². The van der Waals surface area contributed by atoms with Crippen LogP contribution in [0.25, 0.3) is 0 Å². The molecule has 0 unspecified atom stereocenters. The third-order valence-corrected chi connectivity index (χ3v) is 8.74. The normalized spacial score (nSPS) is 12.5. The van der Waals surface area contributed by atoms with Crippen LogP contribution in [0.2, 0.25) is 40.2 Å². The number of nitrogens with two attached hydrogens (primary N) is 1. The van der Waals surface area contributed by atoms with E-state index in [4.69, 9.17) is 145 Å². The highest BCUT2D eigenvalue weighted by Crippen LogP contribution is 2.28. The SMILES string of the molecule is C.C.C.C.C.Cc1cc(Cl)cc(Cl)c1.Cl.FB(F)F.[2H]Cc1c([2H])c([2H])c([2H])c(Cl)c1[2H].[2H]O[2H].[2H]c1c(Cl)c([2H])c(Cc2c([2H])c([2H])c(C#N)c([2H])c2N)c([2H])c1Cl.[2H]c1c(Cl)c([2H])c(Cc2c([2H])c([2H])c(C#N)c([2H])c2[N+](=O)[O-])c([2H])c1Cl.[2H]c1c([2H])c(C#N)c([2H])c([N+](=O)[O-])c1Cl. The Kier molecular flexibility index (Phi) is 25.8. The number of hydrogen-bond donors (Lipinski definition) is 1. The Labute approximate surface area is 533 Å². The lowest BCUT2D eigenvalue weighted by Gasteiger charge is -2.07. The van der Waals surface area contributed by atoms with Crippen LogP contribution in [0, 0.1) is 68.0 Å². The highest BCUT2D eigenvalue weighted by molar-refractivity contribution is 6.36. The molecule has 24 heteroatoms. The quantitative estimate of drug-likeness (QED) is 0.0729. The maximum absolute atomic E-state index is 11.4. The summed E-state index contributed by atoms with van der Waals surface area (Å²) in [5.74, 6) is 0. The molecule has 7 aromatic rings. The van der Waals surface area contributed by atoms with Crippen LogP contribution in [0.3, 0.4) is 0 Å². The molecule has 78 heavy (non-hydrogen) atoms. The average Bonchev–Trinajstić information content (AvgIpc) is 0.778. The number of nitro groups is 2. The first-order valence-corrected chi connectivity index (χ1v) is 21.1. The molecular weight excluding hydrogens is 1200 g/mol. The van der Waals surface area contributed by atoms with Crippen LogP contribution >= 0.6 is 105 Å². The maximum Gasteiger partial charge on any atom is 0.762 e. The van der Waals surface area contributed by atoms with Crippen molar-refractivity contribution in [3.05, 3.63) is 243 Å². The molecule has 0 spiro atoms. The second kappa shape index (κ2) is 43.0. The zero-order valence-corrected chi connectivity index (χ0v) is 42.7. The number of rotatable bonds is 6. The summed E-state index contributed by atoms with van der Waals surface area (Å²) < 4.78 is 192. The van der Waals surface area contributed by atoms with E-state index in [1.54, 1.807) is 12.1 Å². The van der Waals surface area contributed by atoms with E-state index in [-0.39, 0.29) is 176 Å². The predicted molar refractivity (Wildman–Crippen MR) is 326 cm³/mol. The number of nitrogen functional groups attached to an aromatic ring is 1. The summed E-state index contributed by atoms with van der Waals surface area (Å²) in [7, 11) is -3.67. The standard InChI is InChI=1S/C14H8Cl2N2O2.C14H10Cl2N2.C7H6Cl2.C7H3ClN2O2.C7H7Cl.5CH4.BF3.ClH.H2O/c15-12-4-10(5-13(16)7-12)3-11-2-1-9(8-17)6-14(11)18(19)20;15-12-4-10(5-13(16)7-12)3-11-2-1-9(8-17)6-14(11)18;1-5-2-6(8)4-7(9)3-5;8-6-2-1-5(4-9)3-7(6)10(11)12;1-6-3-2-4-7(8)5-6;;;;;;2-1(3)4;;/h1-2,4-7H,3H2;1-2,4-7H,3,18H2;2-4H,1H3;1-3H;2-5H,1H3;5*1H4;;1H;1H2/i2*1D,2D,4D,5D,6D,7D;;1D,2D,3D;1D,2D,3D,4D,5D;;;;;;;;/hD2. The van der Waals surface area contributed by atoms with Crippen molar-refractivity contribution < 1.29 is 55.7 Å². The first kappa shape index (κ1) is 46.9. The van der Waals surface area contributed by atoms with Crippen molar-refractivity contribution >= 4 is 130 Å². The molecule has 7 rings (SSSR count). The van der Waals surface area contributed by atoms with Gasteiger partial charge in [0.2, 0.25) is 2.86 Å². The molecule has 0 fully saturated rings. The van der Waals surface area contributed by atoms with Crippen molar-refractivity contribution in [2.45, 2.75) is 63.8 Å². The first-order chi connectivity index (χ1) is 43.4. The van der Waals surface area contributed by atoms with Crippen LogP contribution in [0.4, 0.5) is 30.0 Å². The minimum absolute atomic E-state index is 0. The summed E-state index contributed by atoms with van der Waals surface area (Å²) in [5, 5.41) is 47.9. The third kappa shape index (κ3) is 32.7. The number of nitro benzene ring substituents is 2. The Morgan fingerprint density at radius 1 is 0.577 bits per heavy atom. The van der Waals surface area contributed by atoms with Gasteiger partial charge in [0, 0.05) is 66.3 Å². The Bertz CT molecular complexity index is 4080. The summed E-state index contributed by atoms with van der Waals surface area (Å²) >= 11 is 45.8. The molecule has 0 heterocycles. The second-order valence-electron chi connectivity index (χ2n) is 12.3. The van der Waals surface area contributed by atoms with E-state index in [0.29, 0.717) is 10.0 Å². The Hall–Kier alpha value is -5.97. The fourth-order valence-electron chi connectivity index (χ4n) is 4.46. The van der Waals surface area contributed by atoms with E-state index in [0.717, 1.165) is 5.56 Å². The van der Waals surface area contributed by atoms with Gasteiger partial charge in [-0.05, 0) is 145 Å². The van der Waals surface area contributed by atoms with Gasteiger partial charge in [0.05, 0.1) is 70.8 Å². The van der Waals surface area contributed by atoms with Crippen molar-refractivity contribution in [1.29, 1.82) is 18.6 Å². The monoisotopic (exact) mass is 1270 g/mol. The number of benzene rings is 7. The summed E-state index contributed by atoms with van der Waals surface area (Å²) in [6, 6.07) is 1.54. The summed E-state index contributed by atoms with van der Waals surface area (Å²) in [6.45, 7) is 1.70. The van der Waals surface area contributed by atoms with E-state index >= 15 is 0 Å². The van der Waals surface area contributed by atoms with Gasteiger partial charge in [0.15, 0.2) is 0 Å². The van der Waals surface area contributed by atoms with Gasteiger partial charge in [-0.2, -0.15) is 15.8 Å². The summed E-state index contributed by atoms with van der Waals surface area (Å²) in [5.41, 5.74) is 5.96. The van der Waals surface area contributed by atoms with Gasteiger partial charge in [-0.3, -0.25) is 33.2 Å². The van der Waals surface area contributed by atoms with Crippen LogP contribution in [0.1, 0.15) is 115 Å². The Morgan fingerprint density at radius 3 is 1.36 bits per heavy atom. The summed E-state index contributed by atoms with van der Waals surface area (Å²) in [4.78, 5) is 20.0. The van der Waals surface area contributed by atoms with E-state index in [1.807, 2.05) is 19.1 Å². The first-order valence-electron chi connectivity index (χ1n) is 29.1. The van der Waals surface area contributed by atoms with Crippen LogP contribution in [-0.4, -0.2) is 25.7 Å². The molecule has 0 bridgehead atoms. The molecule has 420 valence electrons. The minimum Gasteiger partial charge on any atom is -0.412 e.